The molecule has 7 nitrogen and oxygen atoms in total. The van der Waals surface area contributed by atoms with Crippen LogP contribution in [0.4, 0.5) is 10.2 Å². The molecule has 2 aliphatic rings. The third-order valence-electron chi connectivity index (χ3n) is 4.64. The van der Waals surface area contributed by atoms with Gasteiger partial charge in [0.2, 0.25) is 5.88 Å². The summed E-state index contributed by atoms with van der Waals surface area (Å²) in [4.78, 5) is 18.3. The Morgan fingerprint density at radius 2 is 2.24 bits per heavy atom. The van der Waals surface area contributed by atoms with E-state index < -0.39 is 5.82 Å². The van der Waals surface area contributed by atoms with Crippen LogP contribution >= 0.6 is 0 Å². The summed E-state index contributed by atoms with van der Waals surface area (Å²) in [6.07, 6.45) is 0.851. The summed E-state index contributed by atoms with van der Waals surface area (Å²) in [7, 11) is 0. The van der Waals surface area contributed by atoms with E-state index in [1.165, 1.54) is 18.2 Å². The van der Waals surface area contributed by atoms with Crippen molar-refractivity contribution in [3.8, 4) is 11.9 Å². The first-order chi connectivity index (χ1) is 12.0. The van der Waals surface area contributed by atoms with Gasteiger partial charge in [-0.05, 0) is 24.1 Å². The number of halogens is 1. The molecule has 1 aromatic heterocycles. The van der Waals surface area contributed by atoms with Crippen molar-refractivity contribution >= 4 is 5.82 Å². The number of anilines is 1. The second kappa shape index (κ2) is 5.86. The van der Waals surface area contributed by atoms with E-state index in [0.717, 1.165) is 12.2 Å². The molecule has 0 aliphatic carbocycles. The zero-order chi connectivity index (χ0) is 17.6. The minimum absolute atomic E-state index is 0.0445. The third-order valence-corrected chi connectivity index (χ3v) is 4.64. The van der Waals surface area contributed by atoms with Crippen LogP contribution in [0.15, 0.2) is 29.1 Å². The van der Waals surface area contributed by atoms with E-state index in [9.17, 15) is 9.18 Å². The van der Waals surface area contributed by atoms with E-state index in [1.807, 2.05) is 0 Å². The second-order valence-electron chi connectivity index (χ2n) is 6.36. The Bertz CT molecular complexity index is 936. The normalized spacial score (nSPS) is 20.9. The highest BCUT2D eigenvalue weighted by Gasteiger charge is 2.38. The van der Waals surface area contributed by atoms with E-state index in [0.29, 0.717) is 18.7 Å². The average molecular weight is 341 g/mol. The maximum Gasteiger partial charge on any atom is 0.352 e. The molecule has 4 rings (SSSR count). The van der Waals surface area contributed by atoms with Gasteiger partial charge in [-0.3, -0.25) is 4.57 Å². The number of ether oxygens (including phenoxy) is 1. The fourth-order valence-electron chi connectivity index (χ4n) is 3.48. The first kappa shape index (κ1) is 15.6. The summed E-state index contributed by atoms with van der Waals surface area (Å²) >= 11 is 0. The summed E-state index contributed by atoms with van der Waals surface area (Å²) < 4.78 is 20.6. The van der Waals surface area contributed by atoms with Crippen molar-refractivity contribution in [3.05, 3.63) is 51.7 Å². The van der Waals surface area contributed by atoms with Crippen LogP contribution < -0.4 is 21.1 Å². The number of rotatable bonds is 3. The molecular formula is C17H16FN5O2. The van der Waals surface area contributed by atoms with Gasteiger partial charge in [0.1, 0.15) is 24.3 Å². The Kier molecular flexibility index (Phi) is 3.66. The van der Waals surface area contributed by atoms with Crippen molar-refractivity contribution in [2.45, 2.75) is 31.7 Å². The summed E-state index contributed by atoms with van der Waals surface area (Å²) in [6.45, 7) is 1.39. The van der Waals surface area contributed by atoms with Gasteiger partial charge in [0.25, 0.3) is 0 Å². The van der Waals surface area contributed by atoms with Crippen LogP contribution in [0.25, 0.3) is 0 Å². The SMILES string of the molecule is N#Cc1cc(COc2cc3n(c(=O)n2)C[C@H]2C[C@H](N)CN32)ccc1F. The van der Waals surface area contributed by atoms with Gasteiger partial charge in [-0.15, -0.1) is 0 Å². The highest BCUT2D eigenvalue weighted by atomic mass is 19.1. The molecule has 2 aliphatic heterocycles. The smallest absolute Gasteiger partial charge is 0.352 e. The first-order valence-corrected chi connectivity index (χ1v) is 8.00. The van der Waals surface area contributed by atoms with Crippen molar-refractivity contribution in [1.82, 2.24) is 9.55 Å². The molecule has 0 saturated carbocycles. The number of hydrogen-bond donors (Lipinski definition) is 1. The molecular weight excluding hydrogens is 325 g/mol. The minimum Gasteiger partial charge on any atom is -0.473 e. The van der Waals surface area contributed by atoms with E-state index in [4.69, 9.17) is 15.7 Å². The Labute approximate surface area is 143 Å². The number of nitriles is 1. The van der Waals surface area contributed by atoms with Gasteiger partial charge in [0, 0.05) is 25.2 Å². The molecule has 0 spiro atoms. The maximum absolute atomic E-state index is 13.4. The largest absolute Gasteiger partial charge is 0.473 e. The number of nitrogens with zero attached hydrogens (tertiary/aromatic N) is 4. The van der Waals surface area contributed by atoms with Gasteiger partial charge in [-0.25, -0.2) is 9.18 Å². The molecule has 25 heavy (non-hydrogen) atoms. The Morgan fingerprint density at radius 3 is 3.04 bits per heavy atom. The van der Waals surface area contributed by atoms with E-state index in [-0.39, 0.29) is 35.8 Å². The summed E-state index contributed by atoms with van der Waals surface area (Å²) in [6, 6.07) is 8.03. The predicted molar refractivity (Wildman–Crippen MR) is 87.7 cm³/mol. The number of fused-ring (bicyclic) bond motifs is 3. The zero-order valence-electron chi connectivity index (χ0n) is 13.4. The lowest BCUT2D eigenvalue weighted by atomic mass is 10.1. The molecule has 2 atom stereocenters. The standard InChI is InChI=1S/C17H16FN5O2/c18-14-2-1-10(3-11(14)6-19)9-25-15-5-16-22-7-12(20)4-13(22)8-23(16)17(24)21-15/h1-3,5,12-13H,4,7-9,20H2/t12-,13+/m0/s1. The Morgan fingerprint density at radius 1 is 1.40 bits per heavy atom. The van der Waals surface area contributed by atoms with E-state index in [2.05, 4.69) is 9.88 Å². The van der Waals surface area contributed by atoms with Crippen molar-refractivity contribution in [1.29, 1.82) is 5.26 Å². The van der Waals surface area contributed by atoms with Gasteiger partial charge in [-0.2, -0.15) is 10.2 Å². The third kappa shape index (κ3) is 2.72. The zero-order valence-corrected chi connectivity index (χ0v) is 13.4. The van der Waals surface area contributed by atoms with E-state index >= 15 is 0 Å². The van der Waals surface area contributed by atoms with Gasteiger partial charge >= 0.3 is 5.69 Å². The van der Waals surface area contributed by atoms with Crippen LogP contribution in [-0.2, 0) is 13.2 Å². The fraction of sp³-hybridized carbons (Fsp3) is 0.353. The Hall–Kier alpha value is -2.92. The molecule has 0 unspecified atom stereocenters. The van der Waals surface area contributed by atoms with Crippen LogP contribution in [0, 0.1) is 17.1 Å². The first-order valence-electron chi connectivity index (χ1n) is 8.00. The molecule has 3 heterocycles. The molecule has 1 aromatic carbocycles. The second-order valence-corrected chi connectivity index (χ2v) is 6.36. The maximum atomic E-state index is 13.4. The summed E-state index contributed by atoms with van der Waals surface area (Å²) in [5, 5.41) is 8.88. The lowest BCUT2D eigenvalue weighted by Crippen LogP contribution is -2.28. The fourth-order valence-corrected chi connectivity index (χ4v) is 3.48. The van der Waals surface area contributed by atoms with Crippen LogP contribution in [0.2, 0.25) is 0 Å². The quantitative estimate of drug-likeness (QED) is 0.885. The van der Waals surface area contributed by atoms with Gasteiger partial charge < -0.3 is 15.4 Å². The van der Waals surface area contributed by atoms with Crippen molar-refractivity contribution in [2.24, 2.45) is 5.73 Å². The van der Waals surface area contributed by atoms with Crippen LogP contribution in [-0.4, -0.2) is 28.2 Å². The van der Waals surface area contributed by atoms with Gasteiger partial charge in [-0.1, -0.05) is 6.07 Å². The van der Waals surface area contributed by atoms with Crippen LogP contribution in [0.3, 0.4) is 0 Å². The van der Waals surface area contributed by atoms with Gasteiger partial charge in [0.15, 0.2) is 0 Å². The predicted octanol–water partition coefficient (Wildman–Crippen LogP) is 0.753. The molecule has 1 saturated heterocycles. The lowest BCUT2D eigenvalue weighted by molar-refractivity contribution is 0.291. The molecule has 1 fully saturated rings. The summed E-state index contributed by atoms with van der Waals surface area (Å²) in [5.74, 6) is 0.404. The molecule has 128 valence electrons. The Balaban J connectivity index is 1.56. The van der Waals surface area contributed by atoms with Crippen molar-refractivity contribution < 1.29 is 9.13 Å². The molecule has 0 bridgehead atoms. The number of benzene rings is 1. The van der Waals surface area contributed by atoms with Gasteiger partial charge in [0.05, 0.1) is 11.6 Å². The molecule has 0 radical (unpaired) electrons. The highest BCUT2D eigenvalue weighted by Crippen LogP contribution is 2.32. The number of aromatic nitrogens is 2. The molecule has 0 amide bonds. The summed E-state index contributed by atoms with van der Waals surface area (Å²) in [5.41, 5.74) is 6.23. The molecule has 8 heteroatoms. The number of nitrogens with two attached hydrogens (primary N) is 1. The average Bonchev–Trinajstić information content (AvgIpc) is 3.11. The molecule has 2 aromatic rings. The minimum atomic E-state index is -0.573. The monoisotopic (exact) mass is 341 g/mol. The van der Waals surface area contributed by atoms with Crippen molar-refractivity contribution in [2.75, 3.05) is 11.4 Å². The lowest BCUT2D eigenvalue weighted by Gasteiger charge is -2.17. The van der Waals surface area contributed by atoms with Crippen LogP contribution in [0.5, 0.6) is 5.88 Å². The molecule has 2 N–H and O–H groups in total. The van der Waals surface area contributed by atoms with E-state index in [1.54, 1.807) is 16.7 Å². The highest BCUT2D eigenvalue weighted by molar-refractivity contribution is 5.48. The number of hydrogen-bond acceptors (Lipinski definition) is 6. The topological polar surface area (TPSA) is 97.2 Å². The van der Waals surface area contributed by atoms with Crippen molar-refractivity contribution in [3.63, 3.8) is 0 Å². The van der Waals surface area contributed by atoms with Crippen LogP contribution in [0.1, 0.15) is 17.5 Å².